The summed E-state index contributed by atoms with van der Waals surface area (Å²) in [4.78, 5) is 28.1. The number of halogens is 2. The van der Waals surface area contributed by atoms with Gasteiger partial charge in [0, 0.05) is 23.2 Å². The fourth-order valence-electron chi connectivity index (χ4n) is 3.99. The largest absolute Gasteiger partial charge is 0.352 e. The van der Waals surface area contributed by atoms with Gasteiger partial charge in [-0.25, -0.2) is 12.8 Å². The summed E-state index contributed by atoms with van der Waals surface area (Å²) in [5, 5.41) is 3.26. The smallest absolute Gasteiger partial charge is 0.264 e. The molecule has 0 aromatic heterocycles. The first-order chi connectivity index (χ1) is 18.4. The number of hydrogen-bond acceptors (Lipinski definition) is 4. The highest BCUT2D eigenvalue weighted by molar-refractivity contribution is 7.92. The van der Waals surface area contributed by atoms with Crippen LogP contribution in [0.25, 0.3) is 0 Å². The molecule has 0 saturated heterocycles. The van der Waals surface area contributed by atoms with Crippen molar-refractivity contribution in [2.45, 2.75) is 57.6 Å². The van der Waals surface area contributed by atoms with Gasteiger partial charge in [-0.15, -0.1) is 0 Å². The topological polar surface area (TPSA) is 86.8 Å². The van der Waals surface area contributed by atoms with Crippen LogP contribution >= 0.6 is 11.6 Å². The summed E-state index contributed by atoms with van der Waals surface area (Å²) in [6.45, 7) is 6.15. The van der Waals surface area contributed by atoms with Gasteiger partial charge in [0.15, 0.2) is 0 Å². The predicted octanol–water partition coefficient (Wildman–Crippen LogP) is 5.31. The third-order valence-electron chi connectivity index (χ3n) is 6.50. The molecule has 208 valence electrons. The first kappa shape index (κ1) is 30.1. The second-order valence-corrected chi connectivity index (χ2v) is 11.7. The Morgan fingerprint density at radius 1 is 1.00 bits per heavy atom. The van der Waals surface area contributed by atoms with Crippen LogP contribution in [0.2, 0.25) is 5.02 Å². The Bertz CT molecular complexity index is 1420. The molecule has 7 nitrogen and oxygen atoms in total. The number of hydrogen-bond donors (Lipinski definition) is 1. The average Bonchev–Trinajstić information content (AvgIpc) is 2.91. The molecule has 1 N–H and O–H groups in total. The molecule has 0 spiro atoms. The zero-order valence-corrected chi connectivity index (χ0v) is 24.0. The summed E-state index contributed by atoms with van der Waals surface area (Å²) in [6.07, 6.45) is 0.679. The minimum Gasteiger partial charge on any atom is -0.352 e. The molecule has 10 heteroatoms. The highest BCUT2D eigenvalue weighted by Gasteiger charge is 2.33. The lowest BCUT2D eigenvalue weighted by molar-refractivity contribution is -0.139. The van der Waals surface area contributed by atoms with E-state index in [4.69, 9.17) is 11.6 Å². The van der Waals surface area contributed by atoms with Crippen LogP contribution in [0.4, 0.5) is 10.1 Å². The van der Waals surface area contributed by atoms with Gasteiger partial charge in [0.2, 0.25) is 11.8 Å². The summed E-state index contributed by atoms with van der Waals surface area (Å²) >= 11 is 6.12. The van der Waals surface area contributed by atoms with E-state index in [9.17, 15) is 22.4 Å². The van der Waals surface area contributed by atoms with Gasteiger partial charge in [-0.1, -0.05) is 54.9 Å². The Morgan fingerprint density at radius 2 is 1.64 bits per heavy atom. The third kappa shape index (κ3) is 7.36. The predicted molar refractivity (Wildman–Crippen MR) is 151 cm³/mol. The van der Waals surface area contributed by atoms with Crippen molar-refractivity contribution < 1.29 is 22.4 Å². The van der Waals surface area contributed by atoms with Crippen molar-refractivity contribution in [1.82, 2.24) is 10.2 Å². The molecular formula is C29H33ClFN3O4S. The number of nitrogens with zero attached hydrogens (tertiary/aromatic N) is 2. The van der Waals surface area contributed by atoms with Crippen LogP contribution in [0.15, 0.2) is 77.7 Å². The summed E-state index contributed by atoms with van der Waals surface area (Å²) in [5.74, 6) is -1.62. The second kappa shape index (κ2) is 13.1. The van der Waals surface area contributed by atoms with E-state index >= 15 is 0 Å². The van der Waals surface area contributed by atoms with E-state index in [0.29, 0.717) is 17.0 Å². The summed E-state index contributed by atoms with van der Waals surface area (Å²) < 4.78 is 43.2. The van der Waals surface area contributed by atoms with E-state index in [0.717, 1.165) is 4.31 Å². The van der Waals surface area contributed by atoms with Crippen LogP contribution in [0.3, 0.4) is 0 Å². The van der Waals surface area contributed by atoms with Crippen molar-refractivity contribution in [2.75, 3.05) is 10.8 Å². The van der Waals surface area contributed by atoms with Gasteiger partial charge in [0.25, 0.3) is 10.0 Å². The molecule has 2 amide bonds. The first-order valence-electron chi connectivity index (χ1n) is 12.6. The van der Waals surface area contributed by atoms with Crippen molar-refractivity contribution in [2.24, 2.45) is 0 Å². The number of carbonyl (C=O) groups is 2. The number of nitrogens with one attached hydrogen (secondary N) is 1. The van der Waals surface area contributed by atoms with Gasteiger partial charge in [-0.2, -0.15) is 0 Å². The zero-order valence-electron chi connectivity index (χ0n) is 22.4. The Hall–Kier alpha value is -3.43. The van der Waals surface area contributed by atoms with Crippen molar-refractivity contribution in [1.29, 1.82) is 0 Å². The van der Waals surface area contributed by atoms with Crippen LogP contribution in [-0.4, -0.2) is 43.8 Å². The zero-order chi connectivity index (χ0) is 28.7. The number of amides is 2. The molecule has 3 aromatic rings. The van der Waals surface area contributed by atoms with E-state index < -0.39 is 40.2 Å². The maximum absolute atomic E-state index is 14.6. The Kier molecular flexibility index (Phi) is 10.1. The molecule has 0 unspecified atom stereocenters. The Balaban J connectivity index is 2.06. The lowest BCUT2D eigenvalue weighted by atomic mass is 10.1. The van der Waals surface area contributed by atoms with Crippen LogP contribution < -0.4 is 9.62 Å². The molecular weight excluding hydrogens is 541 g/mol. The van der Waals surface area contributed by atoms with Gasteiger partial charge >= 0.3 is 0 Å². The maximum atomic E-state index is 14.6. The third-order valence-corrected chi connectivity index (χ3v) is 8.51. The van der Waals surface area contributed by atoms with Crippen molar-refractivity contribution in [3.8, 4) is 0 Å². The fraction of sp³-hybridized carbons (Fsp3) is 0.310. The number of anilines is 1. The number of benzene rings is 3. The van der Waals surface area contributed by atoms with Crippen molar-refractivity contribution in [3.05, 3.63) is 94.8 Å². The molecule has 0 heterocycles. The normalized spacial score (nSPS) is 12.9. The van der Waals surface area contributed by atoms with Crippen LogP contribution in [0, 0.1) is 12.7 Å². The molecule has 0 aliphatic rings. The quantitative estimate of drug-likeness (QED) is 0.337. The highest BCUT2D eigenvalue weighted by atomic mass is 35.5. The van der Waals surface area contributed by atoms with E-state index in [1.54, 1.807) is 50.2 Å². The Labute approximate surface area is 234 Å². The van der Waals surface area contributed by atoms with Crippen molar-refractivity contribution >= 4 is 39.1 Å². The van der Waals surface area contributed by atoms with Crippen LogP contribution in [0.1, 0.15) is 38.3 Å². The van der Waals surface area contributed by atoms with Gasteiger partial charge in [-0.3, -0.25) is 13.9 Å². The fourth-order valence-corrected chi connectivity index (χ4v) is 5.72. The second-order valence-electron chi connectivity index (χ2n) is 9.36. The summed E-state index contributed by atoms with van der Waals surface area (Å²) in [5.41, 5.74) is 1.01. The van der Waals surface area contributed by atoms with Gasteiger partial charge in [-0.05, 0) is 69.2 Å². The molecule has 3 rings (SSSR count). The standard InChI is InChI=1S/C29H33ClFN3O4S/c1-5-21(3)32-29(36)22(4)33(18-23-11-9-10-14-26(23)31)28(35)19-34(27-16-15-24(30)17-20(27)2)39(37,38)25-12-7-6-8-13-25/h6-17,21-22H,5,18-19H2,1-4H3,(H,32,36)/t21-,22+/m1/s1. The van der Waals surface area contributed by atoms with E-state index in [1.165, 1.54) is 41.3 Å². The molecule has 3 aromatic carbocycles. The molecule has 0 aliphatic carbocycles. The molecule has 0 aliphatic heterocycles. The lowest BCUT2D eigenvalue weighted by Gasteiger charge is -2.33. The van der Waals surface area contributed by atoms with E-state index in [2.05, 4.69) is 5.32 Å². The summed E-state index contributed by atoms with van der Waals surface area (Å²) in [6, 6.07) is 17.3. The minimum atomic E-state index is -4.20. The summed E-state index contributed by atoms with van der Waals surface area (Å²) in [7, 11) is -4.20. The van der Waals surface area contributed by atoms with Gasteiger partial charge in [0.05, 0.1) is 10.6 Å². The number of aryl methyl sites for hydroxylation is 1. The van der Waals surface area contributed by atoms with Gasteiger partial charge in [0.1, 0.15) is 18.4 Å². The van der Waals surface area contributed by atoms with Gasteiger partial charge < -0.3 is 10.2 Å². The lowest BCUT2D eigenvalue weighted by Crippen LogP contribution is -2.52. The molecule has 2 atom stereocenters. The van der Waals surface area contributed by atoms with Crippen LogP contribution in [-0.2, 0) is 26.2 Å². The average molecular weight is 574 g/mol. The molecule has 39 heavy (non-hydrogen) atoms. The number of sulfonamides is 1. The van der Waals surface area contributed by atoms with E-state index in [-0.39, 0.29) is 28.7 Å². The first-order valence-corrected chi connectivity index (χ1v) is 14.4. The monoisotopic (exact) mass is 573 g/mol. The minimum absolute atomic E-state index is 0.00429. The van der Waals surface area contributed by atoms with Crippen molar-refractivity contribution in [3.63, 3.8) is 0 Å². The molecule has 0 bridgehead atoms. The van der Waals surface area contributed by atoms with E-state index in [1.807, 2.05) is 13.8 Å². The molecule has 0 saturated carbocycles. The molecule has 0 fully saturated rings. The highest BCUT2D eigenvalue weighted by Crippen LogP contribution is 2.29. The maximum Gasteiger partial charge on any atom is 0.264 e. The van der Waals surface area contributed by atoms with Crippen LogP contribution in [0.5, 0.6) is 0 Å². The molecule has 0 radical (unpaired) electrons. The number of carbonyl (C=O) groups excluding carboxylic acids is 2. The Morgan fingerprint density at radius 3 is 2.26 bits per heavy atom. The number of rotatable bonds is 11. The SMILES string of the molecule is CC[C@@H](C)NC(=O)[C@H](C)N(Cc1ccccc1F)C(=O)CN(c1ccc(Cl)cc1C)S(=O)(=O)c1ccccc1.